The average molecular weight is 339 g/mol. The summed E-state index contributed by atoms with van der Waals surface area (Å²) in [4.78, 5) is 15.7. The van der Waals surface area contributed by atoms with Crippen LogP contribution < -0.4 is 20.9 Å². The first-order valence-electron chi connectivity index (χ1n) is 6.50. The first-order valence-corrected chi connectivity index (χ1v) is 6.50. The van der Waals surface area contributed by atoms with Crippen LogP contribution in [0.4, 0.5) is 18.9 Å². The fourth-order valence-corrected chi connectivity index (χ4v) is 1.70. The lowest BCUT2D eigenvalue weighted by Gasteiger charge is -2.09. The molecule has 2 aromatic rings. The lowest BCUT2D eigenvalue weighted by molar-refractivity contribution is -0.274. The Morgan fingerprint density at radius 3 is 1.96 bits per heavy atom. The van der Waals surface area contributed by atoms with Crippen LogP contribution in [0.1, 0.15) is 10.4 Å². The maximum atomic E-state index is 12.1. The van der Waals surface area contributed by atoms with E-state index in [0.717, 1.165) is 12.1 Å². The molecule has 0 aliphatic heterocycles. The molecular weight excluding hydrogens is 327 g/mol. The van der Waals surface area contributed by atoms with Crippen molar-refractivity contribution in [1.29, 1.82) is 0 Å². The van der Waals surface area contributed by atoms with Crippen LogP contribution in [0.15, 0.2) is 53.5 Å². The summed E-state index contributed by atoms with van der Waals surface area (Å²) in [6.45, 7) is 0. The molecule has 126 valence electrons. The van der Waals surface area contributed by atoms with Gasteiger partial charge in [-0.05, 0) is 48.5 Å². The third-order valence-electron chi connectivity index (χ3n) is 2.63. The molecule has 6 nitrogen and oxygen atoms in total. The average Bonchev–Trinajstić information content (AvgIpc) is 2.48. The van der Waals surface area contributed by atoms with E-state index in [2.05, 4.69) is 9.73 Å². The van der Waals surface area contributed by atoms with Crippen LogP contribution in [0.2, 0.25) is 0 Å². The molecule has 4 N–H and O–H groups in total. The highest BCUT2D eigenvalue weighted by molar-refractivity contribution is 5.91. The van der Waals surface area contributed by atoms with Crippen LogP contribution in [0.5, 0.6) is 11.5 Å². The standard InChI is InChI=1S/C15H12F3N3O3/c16-15(17,18)24-12-7-5-11(6-8-12)23-13(22)9-1-3-10(4-2-9)21-14(19)20/h1-8H,(H4,19,20,21). The second-order valence-electron chi connectivity index (χ2n) is 4.49. The molecule has 0 aliphatic carbocycles. The van der Waals surface area contributed by atoms with E-state index in [-0.39, 0.29) is 17.3 Å². The van der Waals surface area contributed by atoms with E-state index in [9.17, 15) is 18.0 Å². The molecule has 2 rings (SSSR count). The molecule has 0 spiro atoms. The number of alkyl halides is 3. The fraction of sp³-hybridized carbons (Fsp3) is 0.0667. The Bertz CT molecular complexity index is 737. The summed E-state index contributed by atoms with van der Waals surface area (Å²) < 4.78 is 44.9. The van der Waals surface area contributed by atoms with E-state index in [4.69, 9.17) is 16.2 Å². The normalized spacial score (nSPS) is 10.8. The van der Waals surface area contributed by atoms with Crippen molar-refractivity contribution in [2.75, 3.05) is 0 Å². The summed E-state index contributed by atoms with van der Waals surface area (Å²) in [6, 6.07) is 10.4. The van der Waals surface area contributed by atoms with Gasteiger partial charge in [0.15, 0.2) is 5.96 Å². The van der Waals surface area contributed by atoms with Crippen molar-refractivity contribution in [1.82, 2.24) is 0 Å². The van der Waals surface area contributed by atoms with Gasteiger partial charge in [-0.1, -0.05) is 0 Å². The summed E-state index contributed by atoms with van der Waals surface area (Å²) in [5, 5.41) is 0. The maximum absolute atomic E-state index is 12.1. The Hall–Kier alpha value is -3.23. The van der Waals surface area contributed by atoms with Crippen molar-refractivity contribution in [3.8, 4) is 11.5 Å². The SMILES string of the molecule is NC(N)=Nc1ccc(C(=O)Oc2ccc(OC(F)(F)F)cc2)cc1. The minimum Gasteiger partial charge on any atom is -0.423 e. The Balaban J connectivity index is 2.03. The molecule has 0 aliphatic rings. The fourth-order valence-electron chi connectivity index (χ4n) is 1.70. The number of hydrogen-bond acceptors (Lipinski definition) is 4. The number of carbonyl (C=O) groups is 1. The number of aliphatic imine (C=N–C) groups is 1. The number of hydrogen-bond donors (Lipinski definition) is 2. The van der Waals surface area contributed by atoms with Crippen LogP contribution in [0, 0.1) is 0 Å². The van der Waals surface area contributed by atoms with Gasteiger partial charge in [0.25, 0.3) is 0 Å². The third-order valence-corrected chi connectivity index (χ3v) is 2.63. The monoisotopic (exact) mass is 339 g/mol. The van der Waals surface area contributed by atoms with Crippen LogP contribution in [-0.2, 0) is 0 Å². The molecule has 24 heavy (non-hydrogen) atoms. The van der Waals surface area contributed by atoms with Crippen LogP contribution >= 0.6 is 0 Å². The molecule has 0 saturated heterocycles. The van der Waals surface area contributed by atoms with E-state index < -0.39 is 18.1 Å². The lowest BCUT2D eigenvalue weighted by atomic mass is 10.2. The number of halogens is 3. The molecule has 0 atom stereocenters. The second kappa shape index (κ2) is 6.90. The Morgan fingerprint density at radius 1 is 0.917 bits per heavy atom. The first-order chi connectivity index (χ1) is 11.2. The highest BCUT2D eigenvalue weighted by Crippen LogP contribution is 2.25. The second-order valence-corrected chi connectivity index (χ2v) is 4.49. The summed E-state index contributed by atoms with van der Waals surface area (Å²) in [7, 11) is 0. The largest absolute Gasteiger partial charge is 0.573 e. The molecule has 0 bridgehead atoms. The zero-order chi connectivity index (χ0) is 17.7. The van der Waals surface area contributed by atoms with Gasteiger partial charge in [-0.25, -0.2) is 9.79 Å². The van der Waals surface area contributed by atoms with Crippen LogP contribution in [0.25, 0.3) is 0 Å². The molecule has 0 amide bonds. The third kappa shape index (κ3) is 5.20. The van der Waals surface area contributed by atoms with E-state index in [0.29, 0.717) is 5.69 Å². The van der Waals surface area contributed by atoms with Crippen LogP contribution in [-0.4, -0.2) is 18.3 Å². The number of guanidine groups is 1. The first kappa shape index (κ1) is 17.1. The molecule has 0 saturated carbocycles. The molecule has 0 radical (unpaired) electrons. The van der Waals surface area contributed by atoms with Crippen molar-refractivity contribution < 1.29 is 27.4 Å². The van der Waals surface area contributed by atoms with Gasteiger partial charge < -0.3 is 20.9 Å². The molecule has 0 fully saturated rings. The van der Waals surface area contributed by atoms with Gasteiger partial charge in [-0.2, -0.15) is 0 Å². The minimum atomic E-state index is -4.78. The van der Waals surface area contributed by atoms with Gasteiger partial charge in [0.1, 0.15) is 11.5 Å². The molecular formula is C15H12F3N3O3. The van der Waals surface area contributed by atoms with E-state index >= 15 is 0 Å². The predicted molar refractivity (Wildman–Crippen MR) is 80.0 cm³/mol. The molecule has 2 aromatic carbocycles. The Morgan fingerprint density at radius 2 is 1.46 bits per heavy atom. The van der Waals surface area contributed by atoms with E-state index in [1.54, 1.807) is 0 Å². The lowest BCUT2D eigenvalue weighted by Crippen LogP contribution is -2.21. The van der Waals surface area contributed by atoms with Crippen molar-refractivity contribution in [2.24, 2.45) is 16.5 Å². The Labute approximate surface area is 134 Å². The number of carbonyl (C=O) groups excluding carboxylic acids is 1. The smallest absolute Gasteiger partial charge is 0.423 e. The topological polar surface area (TPSA) is 99.9 Å². The van der Waals surface area contributed by atoms with Crippen molar-refractivity contribution >= 4 is 17.6 Å². The number of nitrogens with two attached hydrogens (primary N) is 2. The van der Waals surface area contributed by atoms with Gasteiger partial charge in [-0.15, -0.1) is 13.2 Å². The summed E-state index contributed by atoms with van der Waals surface area (Å²) in [5.74, 6) is -1.14. The quantitative estimate of drug-likeness (QED) is 0.386. The van der Waals surface area contributed by atoms with E-state index in [1.165, 1.54) is 36.4 Å². The number of rotatable bonds is 4. The zero-order valence-corrected chi connectivity index (χ0v) is 12.1. The van der Waals surface area contributed by atoms with E-state index in [1.807, 2.05) is 0 Å². The van der Waals surface area contributed by atoms with Gasteiger partial charge in [-0.3, -0.25) is 0 Å². The molecule has 0 heterocycles. The summed E-state index contributed by atoms with van der Waals surface area (Å²) in [6.07, 6.45) is -4.78. The van der Waals surface area contributed by atoms with Crippen molar-refractivity contribution in [2.45, 2.75) is 6.36 Å². The van der Waals surface area contributed by atoms with Gasteiger partial charge in [0, 0.05) is 0 Å². The van der Waals surface area contributed by atoms with Crippen molar-refractivity contribution in [3.05, 3.63) is 54.1 Å². The van der Waals surface area contributed by atoms with Gasteiger partial charge in [0.2, 0.25) is 0 Å². The minimum absolute atomic E-state index is 0.0721. The number of esters is 1. The van der Waals surface area contributed by atoms with Gasteiger partial charge >= 0.3 is 12.3 Å². The number of nitrogens with zero attached hydrogens (tertiary/aromatic N) is 1. The maximum Gasteiger partial charge on any atom is 0.573 e. The molecule has 0 unspecified atom stereocenters. The highest BCUT2D eigenvalue weighted by Gasteiger charge is 2.31. The zero-order valence-electron chi connectivity index (χ0n) is 12.1. The number of benzene rings is 2. The van der Waals surface area contributed by atoms with Crippen LogP contribution in [0.3, 0.4) is 0 Å². The highest BCUT2D eigenvalue weighted by atomic mass is 19.4. The predicted octanol–water partition coefficient (Wildman–Crippen LogP) is 2.71. The van der Waals surface area contributed by atoms with Gasteiger partial charge in [0.05, 0.1) is 11.3 Å². The Kier molecular flexibility index (Phi) is 4.93. The summed E-state index contributed by atoms with van der Waals surface area (Å²) >= 11 is 0. The summed E-state index contributed by atoms with van der Waals surface area (Å²) in [5.41, 5.74) is 11.1. The molecule has 0 aromatic heterocycles. The molecule has 9 heteroatoms. The number of ether oxygens (including phenoxy) is 2. The van der Waals surface area contributed by atoms with Crippen molar-refractivity contribution in [3.63, 3.8) is 0 Å².